The van der Waals surface area contributed by atoms with Crippen LogP contribution in [0.2, 0.25) is 10.0 Å². The molecule has 0 aliphatic heterocycles. The highest BCUT2D eigenvalue weighted by molar-refractivity contribution is 6.33. The van der Waals surface area contributed by atoms with Crippen LogP contribution in [0.5, 0.6) is 11.5 Å². The second kappa shape index (κ2) is 26.2. The number of benzene rings is 7. The highest BCUT2D eigenvalue weighted by atomic mass is 35.5. The molecule has 4 amide bonds. The molecule has 0 heterocycles. The topological polar surface area (TPSA) is 216 Å². The van der Waals surface area contributed by atoms with E-state index in [0.29, 0.717) is 30.3 Å². The number of alkyl halides is 12. The predicted octanol–water partition coefficient (Wildman–Crippen LogP) is 18.3. The number of allylic oxidation sites excluding steroid dienone is 2. The second-order valence-electron chi connectivity index (χ2n) is 18.5. The number of amides is 4. The molecule has 7 rings (SSSR count). The summed E-state index contributed by atoms with van der Waals surface area (Å²) in [7, 11) is 0. The molecule has 6 N–H and O–H groups in total. The summed E-state index contributed by atoms with van der Waals surface area (Å²) < 4.78 is 167. The molecule has 7 aromatic carbocycles. The zero-order chi connectivity index (χ0) is 63.9. The first kappa shape index (κ1) is 64.8. The van der Waals surface area contributed by atoms with Gasteiger partial charge in [-0.15, -0.1) is 20.5 Å². The fraction of sp³-hybridized carbons (Fsp3) is 0.138. The number of azo groups is 2. The standard InChI is InChI=1S/C58H40Cl2F12N8O7/c1-28-22-39(73-53(85)49(29(2)81)79-77-45-24-33(7-18-41(45)59)51(83)75-44-26-37(57(67,68)69)11-6-32(44)23-31-4-9-35(10-5-31)55(61,62)63)15-20-43(28)74-54(86)50(30(3)82)80-78-46-25-34(8-19-42(46)60)52(84)76-47-27-38(58(70,71)72)14-21-48(47)87-40-16-12-36(13-17-40)56(64,65)66/h4-22,24-27,81-82H,23H2,1-3H3,(H,73,85)(H,74,86)(H,75,83)(H,76,84)/b49-29-,50-30-,79-77?,80-78?. The van der Waals surface area contributed by atoms with Gasteiger partial charge >= 0.3 is 24.7 Å². The summed E-state index contributed by atoms with van der Waals surface area (Å²) in [6.07, 6.45) is -19.3. The van der Waals surface area contributed by atoms with Gasteiger partial charge in [0, 0.05) is 28.2 Å². The smallest absolute Gasteiger partial charge is 0.416 e. The maximum Gasteiger partial charge on any atom is 0.416 e. The van der Waals surface area contributed by atoms with Crippen LogP contribution in [0, 0.1) is 6.92 Å². The fourth-order valence-electron chi connectivity index (χ4n) is 7.66. The van der Waals surface area contributed by atoms with E-state index in [2.05, 4.69) is 41.7 Å². The van der Waals surface area contributed by atoms with E-state index in [1.54, 1.807) is 0 Å². The summed E-state index contributed by atoms with van der Waals surface area (Å²) in [5.74, 6) is -6.05. The van der Waals surface area contributed by atoms with Crippen molar-refractivity contribution in [1.82, 2.24) is 0 Å². The lowest BCUT2D eigenvalue weighted by molar-refractivity contribution is -0.138. The second-order valence-corrected chi connectivity index (χ2v) is 19.3. The van der Waals surface area contributed by atoms with Gasteiger partial charge < -0.3 is 36.2 Å². The van der Waals surface area contributed by atoms with E-state index in [1.807, 2.05) is 0 Å². The van der Waals surface area contributed by atoms with Crippen molar-refractivity contribution in [2.45, 2.75) is 51.9 Å². The largest absolute Gasteiger partial charge is 0.510 e. The first-order chi connectivity index (χ1) is 40.6. The van der Waals surface area contributed by atoms with Crippen molar-refractivity contribution in [1.29, 1.82) is 0 Å². The fourth-order valence-corrected chi connectivity index (χ4v) is 7.97. The van der Waals surface area contributed by atoms with Gasteiger partial charge in [-0.1, -0.05) is 41.4 Å². The van der Waals surface area contributed by atoms with E-state index < -0.39 is 99.2 Å². The number of ether oxygens (including phenoxy) is 1. The third-order valence-electron chi connectivity index (χ3n) is 12.1. The molecule has 0 atom stereocenters. The Morgan fingerprint density at radius 1 is 0.483 bits per heavy atom. The minimum atomic E-state index is -4.90. The molecule has 0 radical (unpaired) electrons. The number of nitrogens with one attached hydrogen (secondary N) is 4. The Balaban J connectivity index is 1.01. The van der Waals surface area contributed by atoms with Gasteiger partial charge in [-0.2, -0.15) is 52.7 Å². The van der Waals surface area contributed by atoms with Crippen LogP contribution in [0.25, 0.3) is 0 Å². The summed E-state index contributed by atoms with van der Waals surface area (Å²) in [4.78, 5) is 54.0. The number of carbonyl (C=O) groups excluding carboxylic acids is 4. The number of rotatable bonds is 16. The molecular formula is C58H40Cl2F12N8O7. The van der Waals surface area contributed by atoms with Crippen LogP contribution in [-0.4, -0.2) is 33.8 Å². The SMILES string of the molecule is C/C(O)=C(/N=Nc1cc(C(=O)Nc2cc(C(F)(F)F)ccc2Cc2ccc(C(F)(F)F)cc2)ccc1Cl)C(=O)Nc1ccc(NC(=O)/C(N=Nc2cc(C(=O)Nc3cc(C(F)(F)F)ccc3Oc3ccc(C(F)(F)F)cc3)ccc2Cl)=C(\C)O)c(C)c1. The van der Waals surface area contributed by atoms with E-state index in [9.17, 15) is 82.1 Å². The average Bonchev–Trinajstić information content (AvgIpc) is 2.75. The molecule has 0 aromatic heterocycles. The molecule has 0 saturated carbocycles. The molecule has 0 aliphatic rings. The van der Waals surface area contributed by atoms with Gasteiger partial charge in [0.1, 0.15) is 28.6 Å². The Labute approximate surface area is 493 Å². The van der Waals surface area contributed by atoms with Gasteiger partial charge in [0.05, 0.1) is 38.0 Å². The van der Waals surface area contributed by atoms with Crippen molar-refractivity contribution in [3.63, 3.8) is 0 Å². The number of hydrogen-bond acceptors (Lipinski definition) is 11. The van der Waals surface area contributed by atoms with Crippen LogP contribution < -0.4 is 26.0 Å². The number of nitrogens with zero attached hydrogens (tertiary/aromatic N) is 4. The number of aliphatic hydroxyl groups excluding tert-OH is 2. The zero-order valence-corrected chi connectivity index (χ0v) is 46.0. The molecule has 29 heteroatoms. The third-order valence-corrected chi connectivity index (χ3v) is 12.7. The molecule has 87 heavy (non-hydrogen) atoms. The van der Waals surface area contributed by atoms with Crippen LogP contribution >= 0.6 is 23.2 Å². The van der Waals surface area contributed by atoms with Gasteiger partial charge in [0.25, 0.3) is 23.6 Å². The Morgan fingerprint density at radius 2 is 0.920 bits per heavy atom. The molecule has 7 aromatic rings. The third kappa shape index (κ3) is 17.0. The zero-order valence-electron chi connectivity index (χ0n) is 44.5. The number of anilines is 4. The molecule has 0 spiro atoms. The summed E-state index contributed by atoms with van der Waals surface area (Å²) >= 11 is 12.6. The quantitative estimate of drug-likeness (QED) is 0.0238. The predicted molar refractivity (Wildman–Crippen MR) is 296 cm³/mol. The molecular weight excluding hydrogens is 1220 g/mol. The average molecular weight is 1260 g/mol. The lowest BCUT2D eigenvalue weighted by Gasteiger charge is -2.16. The highest BCUT2D eigenvalue weighted by Gasteiger charge is 2.34. The van der Waals surface area contributed by atoms with Crippen molar-refractivity contribution in [2.24, 2.45) is 20.5 Å². The van der Waals surface area contributed by atoms with E-state index in [4.69, 9.17) is 27.9 Å². The first-order valence-corrected chi connectivity index (χ1v) is 25.4. The molecule has 0 aliphatic carbocycles. The Hall–Kier alpha value is -9.76. The highest BCUT2D eigenvalue weighted by Crippen LogP contribution is 2.40. The molecule has 452 valence electrons. The number of hydrogen-bond donors (Lipinski definition) is 6. The minimum absolute atomic E-state index is 0.0664. The van der Waals surface area contributed by atoms with Crippen LogP contribution in [-0.2, 0) is 40.7 Å². The van der Waals surface area contributed by atoms with Crippen molar-refractivity contribution in [3.05, 3.63) is 223 Å². The number of carbonyl (C=O) groups is 4. The van der Waals surface area contributed by atoms with Crippen LogP contribution in [0.4, 0.5) is 86.8 Å². The molecule has 0 bridgehead atoms. The van der Waals surface area contributed by atoms with E-state index >= 15 is 0 Å². The van der Waals surface area contributed by atoms with Crippen LogP contribution in [0.1, 0.15) is 73.5 Å². The number of aryl methyl sites for hydroxylation is 1. The Morgan fingerprint density at radius 3 is 1.39 bits per heavy atom. The monoisotopic (exact) mass is 1260 g/mol. The lowest BCUT2D eigenvalue weighted by Crippen LogP contribution is -2.17. The van der Waals surface area contributed by atoms with E-state index in [1.165, 1.54) is 37.3 Å². The van der Waals surface area contributed by atoms with Crippen LogP contribution in [0.15, 0.2) is 183 Å². The summed E-state index contributed by atoms with van der Waals surface area (Å²) in [6, 6.07) is 22.4. The van der Waals surface area contributed by atoms with Crippen molar-refractivity contribution in [2.75, 3.05) is 21.3 Å². The molecule has 0 saturated heterocycles. The van der Waals surface area contributed by atoms with Crippen molar-refractivity contribution in [3.8, 4) is 11.5 Å². The Bertz CT molecular complexity index is 3930. The van der Waals surface area contributed by atoms with Crippen molar-refractivity contribution < 1.29 is 86.8 Å². The maximum absolute atomic E-state index is 13.8. The molecule has 0 unspecified atom stereocenters. The lowest BCUT2D eigenvalue weighted by atomic mass is 9.99. The maximum atomic E-state index is 13.8. The Kier molecular flexibility index (Phi) is 19.5. The normalized spacial score (nSPS) is 12.8. The van der Waals surface area contributed by atoms with Crippen molar-refractivity contribution >= 4 is 81.0 Å². The van der Waals surface area contributed by atoms with Gasteiger partial charge in [0.2, 0.25) is 0 Å². The van der Waals surface area contributed by atoms with Gasteiger partial charge in [-0.25, -0.2) is 0 Å². The van der Waals surface area contributed by atoms with Gasteiger partial charge in [-0.3, -0.25) is 19.2 Å². The van der Waals surface area contributed by atoms with E-state index in [-0.39, 0.29) is 84.2 Å². The van der Waals surface area contributed by atoms with Gasteiger partial charge in [0.15, 0.2) is 17.1 Å². The molecule has 15 nitrogen and oxygen atoms in total. The number of aliphatic hydroxyl groups is 2. The summed E-state index contributed by atoms with van der Waals surface area (Å²) in [5.41, 5.74) is -6.75. The first-order valence-electron chi connectivity index (χ1n) is 24.7. The minimum Gasteiger partial charge on any atom is -0.510 e. The molecule has 0 fully saturated rings. The summed E-state index contributed by atoms with van der Waals surface area (Å²) in [6.45, 7) is 3.66. The van der Waals surface area contributed by atoms with Crippen LogP contribution in [0.3, 0.4) is 0 Å². The summed E-state index contributed by atoms with van der Waals surface area (Å²) in [5, 5.41) is 45.7. The van der Waals surface area contributed by atoms with Gasteiger partial charge in [-0.05, 0) is 165 Å². The van der Waals surface area contributed by atoms with E-state index in [0.717, 1.165) is 92.7 Å². The number of halogens is 14.